The van der Waals surface area contributed by atoms with E-state index in [1.54, 1.807) is 0 Å². The number of carbonyl (C=O) groups is 3. The molecule has 0 aliphatic rings. The molecule has 0 aromatic rings. The summed E-state index contributed by atoms with van der Waals surface area (Å²) in [5, 5.41) is 2.75. The molecule has 51 heavy (non-hydrogen) atoms. The van der Waals surface area contributed by atoms with Gasteiger partial charge in [0.1, 0.15) is 6.04 Å². The maximum absolute atomic E-state index is 13.0. The molecule has 8 heteroatoms. The predicted octanol–water partition coefficient (Wildman–Crippen LogP) is 10.8. The van der Waals surface area contributed by atoms with Crippen molar-refractivity contribution in [2.45, 2.75) is 238 Å². The van der Waals surface area contributed by atoms with Gasteiger partial charge < -0.3 is 26.3 Å². The Kier molecular flexibility index (Phi) is 38.2. The highest BCUT2D eigenvalue weighted by molar-refractivity contribution is 5.87. The van der Waals surface area contributed by atoms with Gasteiger partial charge in [0.2, 0.25) is 5.91 Å². The van der Waals surface area contributed by atoms with Crippen molar-refractivity contribution >= 4 is 17.8 Å². The standard InChI is InChI=1S/C43H85N3O5/c1-3-5-7-9-11-13-15-17-19-21-23-25-27-31-37-50-41(47)35-34-40(46-42(48)39(45)33-29-30-36-44)43(49)51-38-32-28-26-24-22-20-18-16-14-12-10-8-6-4-2/h39-40H,3-38,44-45H2,1-2H3,(H,46,48). The van der Waals surface area contributed by atoms with Crippen LogP contribution in [0, 0.1) is 0 Å². The molecular weight excluding hydrogens is 638 g/mol. The zero-order chi connectivity index (χ0) is 37.5. The van der Waals surface area contributed by atoms with Crippen molar-refractivity contribution in [1.82, 2.24) is 5.32 Å². The van der Waals surface area contributed by atoms with E-state index < -0.39 is 24.0 Å². The third-order valence-electron chi connectivity index (χ3n) is 10.0. The molecule has 0 aliphatic heterocycles. The Bertz CT molecular complexity index is 781. The third-order valence-corrected chi connectivity index (χ3v) is 10.0. The highest BCUT2D eigenvalue weighted by Gasteiger charge is 2.26. The predicted molar refractivity (Wildman–Crippen MR) is 215 cm³/mol. The van der Waals surface area contributed by atoms with Crippen molar-refractivity contribution < 1.29 is 23.9 Å². The molecule has 0 aliphatic carbocycles. The first-order valence-electron chi connectivity index (χ1n) is 22.0. The van der Waals surface area contributed by atoms with Gasteiger partial charge in [-0.15, -0.1) is 0 Å². The summed E-state index contributed by atoms with van der Waals surface area (Å²) in [7, 11) is 0. The van der Waals surface area contributed by atoms with E-state index in [2.05, 4.69) is 19.2 Å². The van der Waals surface area contributed by atoms with E-state index in [0.29, 0.717) is 26.2 Å². The van der Waals surface area contributed by atoms with Crippen LogP contribution in [0.5, 0.6) is 0 Å². The van der Waals surface area contributed by atoms with E-state index >= 15 is 0 Å². The maximum atomic E-state index is 13.0. The van der Waals surface area contributed by atoms with Gasteiger partial charge in [-0.1, -0.05) is 187 Å². The molecule has 0 aromatic heterocycles. The number of hydrogen-bond donors (Lipinski definition) is 3. The van der Waals surface area contributed by atoms with Gasteiger partial charge in [-0.3, -0.25) is 9.59 Å². The Labute approximate surface area is 315 Å². The minimum Gasteiger partial charge on any atom is -0.466 e. The van der Waals surface area contributed by atoms with Crippen molar-refractivity contribution in [2.75, 3.05) is 19.8 Å². The van der Waals surface area contributed by atoms with Gasteiger partial charge in [-0.2, -0.15) is 0 Å². The number of unbranched alkanes of at least 4 members (excludes halogenated alkanes) is 27. The molecule has 0 fully saturated rings. The SMILES string of the molecule is CCCCCCCCCCCCCCCCOC(=O)CCC(NC(=O)C(N)CCCCN)C(=O)OCCCCCCCCCCCCCCCC. The Morgan fingerprint density at radius 2 is 0.863 bits per heavy atom. The van der Waals surface area contributed by atoms with Crippen molar-refractivity contribution in [3.8, 4) is 0 Å². The first kappa shape index (κ1) is 49.3. The lowest BCUT2D eigenvalue weighted by molar-refractivity contribution is -0.149. The van der Waals surface area contributed by atoms with Gasteiger partial charge >= 0.3 is 11.9 Å². The Morgan fingerprint density at radius 3 is 1.25 bits per heavy atom. The minimum atomic E-state index is -0.918. The van der Waals surface area contributed by atoms with Gasteiger partial charge in [-0.05, 0) is 38.6 Å². The van der Waals surface area contributed by atoms with Crippen LogP contribution in [-0.2, 0) is 23.9 Å². The molecule has 2 atom stereocenters. The topological polar surface area (TPSA) is 134 Å². The molecule has 0 saturated heterocycles. The van der Waals surface area contributed by atoms with Crippen LogP contribution in [0.15, 0.2) is 0 Å². The zero-order valence-corrected chi connectivity index (χ0v) is 33.8. The number of esters is 2. The first-order chi connectivity index (χ1) is 25.0. The van der Waals surface area contributed by atoms with Gasteiger partial charge in [0.05, 0.1) is 19.3 Å². The molecule has 0 rings (SSSR count). The molecule has 0 bridgehead atoms. The van der Waals surface area contributed by atoms with Crippen LogP contribution in [-0.4, -0.2) is 49.7 Å². The number of nitrogens with two attached hydrogens (primary N) is 2. The number of rotatable bonds is 40. The van der Waals surface area contributed by atoms with Crippen molar-refractivity contribution in [3.05, 3.63) is 0 Å². The Balaban J connectivity index is 4.20. The van der Waals surface area contributed by atoms with E-state index in [9.17, 15) is 14.4 Å². The molecule has 0 saturated carbocycles. The van der Waals surface area contributed by atoms with E-state index in [1.165, 1.54) is 148 Å². The van der Waals surface area contributed by atoms with Crippen LogP contribution in [0.4, 0.5) is 0 Å². The first-order valence-corrected chi connectivity index (χ1v) is 22.0. The Hall–Kier alpha value is -1.67. The molecule has 0 spiro atoms. The molecule has 5 N–H and O–H groups in total. The molecule has 0 aromatic carbocycles. The second-order valence-electron chi connectivity index (χ2n) is 15.1. The summed E-state index contributed by atoms with van der Waals surface area (Å²) in [6.45, 7) is 5.78. The van der Waals surface area contributed by atoms with Crippen molar-refractivity contribution in [2.24, 2.45) is 11.5 Å². The van der Waals surface area contributed by atoms with Gasteiger partial charge in [-0.25, -0.2) is 4.79 Å². The third kappa shape index (κ3) is 35.1. The summed E-state index contributed by atoms with van der Waals surface area (Å²) in [6, 6.07) is -1.65. The minimum absolute atomic E-state index is 0.0416. The van der Waals surface area contributed by atoms with Crippen molar-refractivity contribution in [1.29, 1.82) is 0 Å². The molecule has 1 amide bonds. The highest BCUT2D eigenvalue weighted by atomic mass is 16.5. The lowest BCUT2D eigenvalue weighted by Gasteiger charge is -2.20. The van der Waals surface area contributed by atoms with E-state index in [-0.39, 0.29) is 18.8 Å². The molecule has 0 heterocycles. The fourth-order valence-corrected chi connectivity index (χ4v) is 6.55. The van der Waals surface area contributed by atoms with Crippen molar-refractivity contribution in [3.63, 3.8) is 0 Å². The number of carbonyl (C=O) groups excluding carboxylic acids is 3. The fourth-order valence-electron chi connectivity index (χ4n) is 6.55. The average molecular weight is 724 g/mol. The molecule has 0 radical (unpaired) electrons. The van der Waals surface area contributed by atoms with E-state index in [4.69, 9.17) is 20.9 Å². The zero-order valence-electron chi connectivity index (χ0n) is 33.8. The van der Waals surface area contributed by atoms with Crippen LogP contribution in [0.3, 0.4) is 0 Å². The summed E-state index contributed by atoms with van der Waals surface area (Å²) < 4.78 is 11.0. The number of nitrogens with one attached hydrogen (secondary N) is 1. The lowest BCUT2D eigenvalue weighted by Crippen LogP contribution is -2.49. The van der Waals surface area contributed by atoms with Crippen LogP contribution in [0.1, 0.15) is 226 Å². The normalized spacial score (nSPS) is 12.5. The largest absolute Gasteiger partial charge is 0.466 e. The van der Waals surface area contributed by atoms with Gasteiger partial charge in [0.15, 0.2) is 0 Å². The molecular formula is C43H85N3O5. The second kappa shape index (κ2) is 39.5. The van der Waals surface area contributed by atoms with E-state index in [1.807, 2.05) is 0 Å². The maximum Gasteiger partial charge on any atom is 0.328 e. The summed E-state index contributed by atoms with van der Waals surface area (Å²) in [5.41, 5.74) is 11.6. The fraction of sp³-hybridized carbons (Fsp3) is 0.930. The summed E-state index contributed by atoms with van der Waals surface area (Å²) >= 11 is 0. The monoisotopic (exact) mass is 724 g/mol. The van der Waals surface area contributed by atoms with E-state index in [0.717, 1.165) is 44.9 Å². The second-order valence-corrected chi connectivity index (χ2v) is 15.1. The Morgan fingerprint density at radius 1 is 0.490 bits per heavy atom. The number of amides is 1. The molecule has 8 nitrogen and oxygen atoms in total. The van der Waals surface area contributed by atoms with Gasteiger partial charge in [0, 0.05) is 6.42 Å². The highest BCUT2D eigenvalue weighted by Crippen LogP contribution is 2.15. The number of ether oxygens (including phenoxy) is 2. The van der Waals surface area contributed by atoms with Crippen LogP contribution >= 0.6 is 0 Å². The summed E-state index contributed by atoms with van der Waals surface area (Å²) in [5.74, 6) is -1.26. The quantitative estimate of drug-likeness (QED) is 0.0423. The van der Waals surface area contributed by atoms with Gasteiger partial charge in [0.25, 0.3) is 0 Å². The van der Waals surface area contributed by atoms with Crippen LogP contribution in [0.25, 0.3) is 0 Å². The average Bonchev–Trinajstić information content (AvgIpc) is 3.13. The molecule has 2 unspecified atom stereocenters. The lowest BCUT2D eigenvalue weighted by atomic mass is 10.0. The summed E-state index contributed by atoms with van der Waals surface area (Å²) in [6.07, 6.45) is 37.7. The molecule has 302 valence electrons. The van der Waals surface area contributed by atoms with Crippen LogP contribution < -0.4 is 16.8 Å². The number of hydrogen-bond acceptors (Lipinski definition) is 7. The smallest absolute Gasteiger partial charge is 0.328 e. The van der Waals surface area contributed by atoms with Crippen LogP contribution in [0.2, 0.25) is 0 Å². The summed E-state index contributed by atoms with van der Waals surface area (Å²) in [4.78, 5) is 38.2.